The second-order valence-corrected chi connectivity index (χ2v) is 12.6. The van der Waals surface area contributed by atoms with Crippen molar-refractivity contribution in [3.05, 3.63) is 62.9 Å². The predicted molar refractivity (Wildman–Crippen MR) is 158 cm³/mol. The fourth-order valence-electron chi connectivity index (χ4n) is 4.04. The van der Waals surface area contributed by atoms with Crippen molar-refractivity contribution in [3.63, 3.8) is 0 Å². The number of carbonyl (C=O) groups is 2. The lowest BCUT2D eigenvalue weighted by Gasteiger charge is -2.26. The molecule has 2 unspecified atom stereocenters. The summed E-state index contributed by atoms with van der Waals surface area (Å²) in [6, 6.07) is 5.77. The molecule has 0 spiro atoms. The molecule has 0 amide bonds. The van der Waals surface area contributed by atoms with Crippen molar-refractivity contribution in [1.29, 1.82) is 0 Å². The Morgan fingerprint density at radius 1 is 1.02 bits per heavy atom. The van der Waals surface area contributed by atoms with Gasteiger partial charge in [-0.05, 0) is 60.6 Å². The van der Waals surface area contributed by atoms with Gasteiger partial charge in [0, 0.05) is 11.8 Å². The summed E-state index contributed by atoms with van der Waals surface area (Å²) in [5.41, 5.74) is 0.929. The van der Waals surface area contributed by atoms with Crippen LogP contribution in [0.5, 0.6) is 5.75 Å². The number of para-hydroxylation sites is 1. The third-order valence-corrected chi connectivity index (χ3v) is 7.85. The normalized spacial score (nSPS) is 22.5. The Balaban J connectivity index is 1.88. The fourth-order valence-corrected chi connectivity index (χ4v) is 5.54. The largest absolute Gasteiger partial charge is 0.462 e. The summed E-state index contributed by atoms with van der Waals surface area (Å²) < 4.78 is 58.2. The monoisotopic (exact) mass is 658 g/mol. The summed E-state index contributed by atoms with van der Waals surface area (Å²) in [5, 5.41) is 2.52. The number of alkyl halides is 1. The molecule has 2 heterocycles. The van der Waals surface area contributed by atoms with E-state index in [2.05, 4.69) is 15.6 Å². The maximum Gasteiger partial charge on any atom is 0.459 e. The molecule has 3 N–H and O–H groups in total. The zero-order valence-electron chi connectivity index (χ0n) is 26.1. The maximum absolute atomic E-state index is 16.0. The van der Waals surface area contributed by atoms with Gasteiger partial charge in [-0.1, -0.05) is 18.2 Å². The molecule has 2 aromatic rings. The van der Waals surface area contributed by atoms with Crippen LogP contribution >= 0.6 is 7.75 Å². The molecule has 1 saturated heterocycles. The predicted octanol–water partition coefficient (Wildman–Crippen LogP) is 2.44. The van der Waals surface area contributed by atoms with Gasteiger partial charge in [-0.25, -0.2) is 13.8 Å². The molecule has 1 aliphatic heterocycles. The van der Waals surface area contributed by atoms with Crippen LogP contribution in [0.1, 0.15) is 53.3 Å². The quantitative estimate of drug-likeness (QED) is 0.144. The van der Waals surface area contributed by atoms with Crippen molar-refractivity contribution >= 4 is 19.7 Å². The second kappa shape index (κ2) is 15.7. The number of H-pyrrole nitrogens is 1. The number of aryl methyl sites for hydroxylation is 1. The minimum atomic E-state index is -4.40. The SMILES string of the molecule is Cc1cn([C@H]2O[C@@H](COP(=O)(N[C@@H](C)C(=O)OC(C)C)Oc3ccccc3)[C@@H](ON[C@@H](C)C(=O)OC(C)C)C2F)c(=O)[nH]c1=O. The van der Waals surface area contributed by atoms with Crippen molar-refractivity contribution in [2.75, 3.05) is 6.61 Å². The van der Waals surface area contributed by atoms with Gasteiger partial charge in [-0.3, -0.25) is 33.3 Å². The van der Waals surface area contributed by atoms with Crippen LogP contribution < -0.4 is 26.3 Å². The lowest BCUT2D eigenvalue weighted by molar-refractivity contribution is -0.159. The van der Waals surface area contributed by atoms with Crippen molar-refractivity contribution in [3.8, 4) is 5.75 Å². The Hall–Kier alpha value is -3.40. The highest BCUT2D eigenvalue weighted by Gasteiger charge is 2.49. The molecule has 0 bridgehead atoms. The number of aromatic nitrogens is 2. The van der Waals surface area contributed by atoms with Gasteiger partial charge in [-0.15, -0.1) is 0 Å². The van der Waals surface area contributed by atoms with Crippen molar-refractivity contribution in [1.82, 2.24) is 20.1 Å². The topological polar surface area (TPSA) is 186 Å². The molecule has 0 saturated carbocycles. The van der Waals surface area contributed by atoms with E-state index < -0.39 is 86.4 Å². The molecule has 1 aromatic carbocycles. The Morgan fingerprint density at radius 2 is 1.62 bits per heavy atom. The lowest BCUT2D eigenvalue weighted by Crippen LogP contribution is -2.45. The van der Waals surface area contributed by atoms with Gasteiger partial charge >= 0.3 is 25.4 Å². The number of aromatic amines is 1. The Morgan fingerprint density at radius 3 is 2.22 bits per heavy atom. The summed E-state index contributed by atoms with van der Waals surface area (Å²) in [4.78, 5) is 56.9. The van der Waals surface area contributed by atoms with E-state index in [4.69, 9.17) is 28.1 Å². The van der Waals surface area contributed by atoms with Crippen LogP contribution in [-0.4, -0.2) is 70.8 Å². The molecule has 3 rings (SSSR count). The minimum Gasteiger partial charge on any atom is -0.462 e. The second-order valence-electron chi connectivity index (χ2n) is 10.9. The van der Waals surface area contributed by atoms with Gasteiger partial charge < -0.3 is 18.7 Å². The molecule has 1 aliphatic rings. The molecular weight excluding hydrogens is 618 g/mol. The maximum atomic E-state index is 16.0. The summed E-state index contributed by atoms with van der Waals surface area (Å²) in [7, 11) is -4.40. The fraction of sp³-hybridized carbons (Fsp3) is 0.571. The third kappa shape index (κ3) is 10.0. The number of hydrogen-bond donors (Lipinski definition) is 3. The molecule has 45 heavy (non-hydrogen) atoms. The van der Waals surface area contributed by atoms with E-state index in [0.29, 0.717) is 0 Å². The molecule has 250 valence electrons. The van der Waals surface area contributed by atoms with Gasteiger partial charge in [0.2, 0.25) is 0 Å². The van der Waals surface area contributed by atoms with E-state index in [9.17, 15) is 23.7 Å². The number of hydroxylamine groups is 1. The van der Waals surface area contributed by atoms with Crippen LogP contribution in [0.25, 0.3) is 0 Å². The first-order valence-corrected chi connectivity index (χ1v) is 15.8. The van der Waals surface area contributed by atoms with Gasteiger partial charge in [-0.2, -0.15) is 10.6 Å². The molecule has 15 nitrogen and oxygen atoms in total. The number of rotatable bonds is 15. The van der Waals surface area contributed by atoms with Crippen LogP contribution in [0.3, 0.4) is 0 Å². The van der Waals surface area contributed by atoms with E-state index in [1.165, 1.54) is 32.9 Å². The number of carbonyl (C=O) groups excluding carboxylic acids is 2. The summed E-state index contributed by atoms with van der Waals surface area (Å²) in [6.07, 6.45) is -6.33. The average Bonchev–Trinajstić information content (AvgIpc) is 3.26. The summed E-state index contributed by atoms with van der Waals surface area (Å²) in [5.74, 6) is -1.27. The first-order valence-electron chi connectivity index (χ1n) is 14.3. The Bertz CT molecular complexity index is 1470. The van der Waals surface area contributed by atoms with E-state index in [0.717, 1.165) is 10.8 Å². The highest BCUT2D eigenvalue weighted by atomic mass is 31.2. The molecule has 7 atom stereocenters. The third-order valence-electron chi connectivity index (χ3n) is 6.21. The number of nitrogens with zero attached hydrogens (tertiary/aromatic N) is 1. The van der Waals surface area contributed by atoms with Crippen molar-refractivity contribution in [2.24, 2.45) is 0 Å². The standard InChI is InChI=1S/C28H40FN4O11P/c1-15(2)40-26(35)18(6)31-43-23-21(42-25(22(23)29)33-13-17(5)24(34)30-28(33)37)14-39-45(38,44-20-11-9-8-10-12-20)32-19(7)27(36)41-16(3)4/h8-13,15-16,18-19,21-23,25,31H,14H2,1-7H3,(H,32,38)(H,30,34,37)/t18-,19-,21-,22?,23+,25-,45?/m0/s1. The molecule has 1 fully saturated rings. The molecule has 17 heteroatoms. The van der Waals surface area contributed by atoms with E-state index >= 15 is 4.39 Å². The highest BCUT2D eigenvalue weighted by Crippen LogP contribution is 2.46. The minimum absolute atomic E-state index is 0.109. The van der Waals surface area contributed by atoms with Crippen molar-refractivity contribution in [2.45, 2.75) is 97.4 Å². The zero-order chi connectivity index (χ0) is 33.5. The van der Waals surface area contributed by atoms with E-state index in [-0.39, 0.29) is 11.3 Å². The number of ether oxygens (including phenoxy) is 3. The number of halogens is 1. The van der Waals surface area contributed by atoms with Gasteiger partial charge in [0.25, 0.3) is 5.56 Å². The summed E-state index contributed by atoms with van der Waals surface area (Å²) in [6.45, 7) is 10.2. The lowest BCUT2D eigenvalue weighted by atomic mass is 10.1. The Kier molecular flexibility index (Phi) is 12.6. The van der Waals surface area contributed by atoms with Crippen molar-refractivity contribution < 1.29 is 46.6 Å². The number of hydrogen-bond acceptors (Lipinski definition) is 12. The molecular formula is C28H40FN4O11P. The average molecular weight is 659 g/mol. The zero-order valence-corrected chi connectivity index (χ0v) is 26.9. The smallest absolute Gasteiger partial charge is 0.459 e. The van der Waals surface area contributed by atoms with E-state index in [1.807, 2.05) is 0 Å². The molecule has 1 aromatic heterocycles. The van der Waals surface area contributed by atoms with Gasteiger partial charge in [0.15, 0.2) is 12.4 Å². The van der Waals surface area contributed by atoms with Crippen LogP contribution in [0.15, 0.2) is 46.1 Å². The van der Waals surface area contributed by atoms with Crippen LogP contribution in [0.2, 0.25) is 0 Å². The number of benzene rings is 1. The Labute approximate surface area is 259 Å². The molecule has 0 aliphatic carbocycles. The van der Waals surface area contributed by atoms with Gasteiger partial charge in [0.1, 0.15) is 30.0 Å². The van der Waals surface area contributed by atoms with Crippen LogP contribution in [0.4, 0.5) is 4.39 Å². The first-order chi connectivity index (χ1) is 21.1. The highest BCUT2D eigenvalue weighted by molar-refractivity contribution is 7.52. The first kappa shape index (κ1) is 36.1. The van der Waals surface area contributed by atoms with Crippen LogP contribution in [-0.2, 0) is 37.7 Å². The van der Waals surface area contributed by atoms with E-state index in [1.54, 1.807) is 45.9 Å². The van der Waals surface area contributed by atoms with Gasteiger partial charge in [0.05, 0.1) is 18.8 Å². The molecule has 0 radical (unpaired) electrons. The number of nitrogens with one attached hydrogen (secondary N) is 3. The summed E-state index contributed by atoms with van der Waals surface area (Å²) >= 11 is 0. The van der Waals surface area contributed by atoms with Crippen LogP contribution in [0, 0.1) is 6.92 Å². The number of esters is 2.